The van der Waals surface area contributed by atoms with Crippen molar-refractivity contribution in [2.45, 2.75) is 6.92 Å². The third-order valence-corrected chi connectivity index (χ3v) is 4.07. The third kappa shape index (κ3) is 2.38. The summed E-state index contributed by atoms with van der Waals surface area (Å²) < 4.78 is 27.2. The van der Waals surface area contributed by atoms with Gasteiger partial charge in [-0.1, -0.05) is 0 Å². The number of fused-ring (bicyclic) bond motifs is 1. The monoisotopic (exact) mass is 305 g/mol. The van der Waals surface area contributed by atoms with Crippen molar-refractivity contribution in [1.29, 1.82) is 0 Å². The minimum absolute atomic E-state index is 0.00606. The molecule has 21 heavy (non-hydrogen) atoms. The Hall–Kier alpha value is -2.34. The Morgan fingerprint density at radius 3 is 2.62 bits per heavy atom. The molecule has 2 aromatic heterocycles. The summed E-state index contributed by atoms with van der Waals surface area (Å²) in [6.45, 7) is 1.91. The van der Waals surface area contributed by atoms with Crippen LogP contribution in [0.1, 0.15) is 15.2 Å². The largest absolute Gasteiger partial charge is 0.478 e. The predicted octanol–water partition coefficient (Wildman–Crippen LogP) is 4.25. The number of carbonyl (C=O) groups is 1. The van der Waals surface area contributed by atoms with Gasteiger partial charge in [-0.3, -0.25) is 0 Å². The van der Waals surface area contributed by atoms with Crippen molar-refractivity contribution in [3.8, 4) is 10.6 Å². The van der Waals surface area contributed by atoms with Gasteiger partial charge in [-0.05, 0) is 25.1 Å². The lowest BCUT2D eigenvalue weighted by atomic mass is 10.1. The topological polar surface area (TPSA) is 50.2 Å². The van der Waals surface area contributed by atoms with Gasteiger partial charge in [-0.15, -0.1) is 11.3 Å². The van der Waals surface area contributed by atoms with E-state index in [1.54, 1.807) is 6.07 Å². The van der Waals surface area contributed by atoms with Crippen molar-refractivity contribution < 1.29 is 18.7 Å². The van der Waals surface area contributed by atoms with Crippen LogP contribution in [0.25, 0.3) is 21.5 Å². The smallest absolute Gasteiger partial charge is 0.336 e. The van der Waals surface area contributed by atoms with Gasteiger partial charge in [0.05, 0.1) is 27.0 Å². The zero-order valence-corrected chi connectivity index (χ0v) is 11.7. The fourth-order valence-electron chi connectivity index (χ4n) is 2.15. The van der Waals surface area contributed by atoms with E-state index in [0.717, 1.165) is 15.8 Å². The molecule has 3 rings (SSSR count). The summed E-state index contributed by atoms with van der Waals surface area (Å²) >= 11 is 1.44. The van der Waals surface area contributed by atoms with E-state index in [-0.39, 0.29) is 16.5 Å². The Morgan fingerprint density at radius 2 is 2.00 bits per heavy atom. The number of carboxylic acid groups (broad SMARTS) is 1. The number of rotatable bonds is 2. The molecule has 1 aromatic carbocycles. The molecule has 0 saturated carbocycles. The van der Waals surface area contributed by atoms with E-state index < -0.39 is 17.6 Å². The van der Waals surface area contributed by atoms with Crippen LogP contribution in [-0.4, -0.2) is 16.1 Å². The summed E-state index contributed by atoms with van der Waals surface area (Å²) in [4.78, 5) is 17.3. The summed E-state index contributed by atoms with van der Waals surface area (Å²) in [5.41, 5.74) is 0.162. The Kier molecular flexibility index (Phi) is 3.17. The number of carboxylic acids is 1. The van der Waals surface area contributed by atoms with Crippen molar-refractivity contribution in [1.82, 2.24) is 4.98 Å². The van der Waals surface area contributed by atoms with Crippen LogP contribution in [-0.2, 0) is 0 Å². The minimum atomic E-state index is -1.28. The van der Waals surface area contributed by atoms with Crippen LogP contribution in [0.4, 0.5) is 8.78 Å². The summed E-state index contributed by atoms with van der Waals surface area (Å²) in [7, 11) is 0. The van der Waals surface area contributed by atoms with Gasteiger partial charge in [0, 0.05) is 17.0 Å². The molecule has 106 valence electrons. The number of aromatic nitrogens is 1. The normalized spacial score (nSPS) is 11.0. The molecule has 2 heterocycles. The fourth-order valence-corrected chi connectivity index (χ4v) is 2.98. The maximum absolute atomic E-state index is 13.9. The highest BCUT2D eigenvalue weighted by molar-refractivity contribution is 7.15. The van der Waals surface area contributed by atoms with Crippen molar-refractivity contribution in [3.05, 3.63) is 52.4 Å². The van der Waals surface area contributed by atoms with Gasteiger partial charge in [-0.2, -0.15) is 0 Å². The van der Waals surface area contributed by atoms with Gasteiger partial charge >= 0.3 is 5.97 Å². The summed E-state index contributed by atoms with van der Waals surface area (Å²) in [6, 6.07) is 6.69. The minimum Gasteiger partial charge on any atom is -0.478 e. The van der Waals surface area contributed by atoms with E-state index in [0.29, 0.717) is 11.8 Å². The number of hydrogen-bond donors (Lipinski definition) is 1. The van der Waals surface area contributed by atoms with Crippen LogP contribution < -0.4 is 0 Å². The van der Waals surface area contributed by atoms with Crippen LogP contribution in [0.3, 0.4) is 0 Å². The first-order valence-electron chi connectivity index (χ1n) is 6.05. The van der Waals surface area contributed by atoms with Crippen LogP contribution in [0.15, 0.2) is 30.3 Å². The number of nitrogens with zero attached hydrogens (tertiary/aromatic N) is 1. The van der Waals surface area contributed by atoms with Crippen LogP contribution in [0.5, 0.6) is 0 Å². The Morgan fingerprint density at radius 1 is 1.24 bits per heavy atom. The Balaban J connectivity index is 2.37. The molecule has 1 N–H and O–H groups in total. The number of benzene rings is 1. The number of thiophene rings is 1. The molecule has 0 bridgehead atoms. The third-order valence-electron chi connectivity index (χ3n) is 3.05. The molecule has 3 nitrogen and oxygen atoms in total. The highest BCUT2D eigenvalue weighted by Gasteiger charge is 2.18. The molecule has 6 heteroatoms. The lowest BCUT2D eigenvalue weighted by Gasteiger charge is -2.07. The van der Waals surface area contributed by atoms with Gasteiger partial charge in [0.25, 0.3) is 0 Å². The van der Waals surface area contributed by atoms with E-state index in [1.165, 1.54) is 17.4 Å². The van der Waals surface area contributed by atoms with Crippen molar-refractivity contribution in [2.75, 3.05) is 0 Å². The van der Waals surface area contributed by atoms with Crippen LogP contribution >= 0.6 is 11.3 Å². The molecular weight excluding hydrogens is 296 g/mol. The van der Waals surface area contributed by atoms with E-state index in [9.17, 15) is 18.7 Å². The first kappa shape index (κ1) is 13.6. The van der Waals surface area contributed by atoms with Crippen molar-refractivity contribution in [2.24, 2.45) is 0 Å². The molecule has 0 spiro atoms. The summed E-state index contributed by atoms with van der Waals surface area (Å²) in [5.74, 6) is -2.99. The standard InChI is InChI=1S/C15H9F2NO2S/c1-7-2-3-13(21-7)11-6-9(15(19)20)14-10(17)4-8(16)5-12(14)18-11/h2-6H,1H3,(H,19,20). The van der Waals surface area contributed by atoms with Gasteiger partial charge < -0.3 is 5.11 Å². The Bertz CT molecular complexity index is 873. The molecule has 0 aliphatic heterocycles. The average molecular weight is 305 g/mol. The van der Waals surface area contributed by atoms with Gasteiger partial charge in [0.1, 0.15) is 11.6 Å². The van der Waals surface area contributed by atoms with E-state index >= 15 is 0 Å². The molecule has 0 saturated heterocycles. The zero-order valence-electron chi connectivity index (χ0n) is 10.9. The van der Waals surface area contributed by atoms with Gasteiger partial charge in [0.15, 0.2) is 0 Å². The number of halogens is 2. The molecule has 0 aliphatic rings. The number of aryl methyl sites for hydroxylation is 1. The molecule has 0 aliphatic carbocycles. The summed E-state index contributed by atoms with van der Waals surface area (Å²) in [6.07, 6.45) is 0. The van der Waals surface area contributed by atoms with Crippen LogP contribution in [0, 0.1) is 18.6 Å². The average Bonchev–Trinajstić information content (AvgIpc) is 2.83. The van der Waals surface area contributed by atoms with Gasteiger partial charge in [0.2, 0.25) is 0 Å². The van der Waals surface area contributed by atoms with E-state index in [4.69, 9.17) is 0 Å². The number of hydrogen-bond acceptors (Lipinski definition) is 3. The van der Waals surface area contributed by atoms with Crippen molar-refractivity contribution >= 4 is 28.2 Å². The maximum atomic E-state index is 13.9. The SMILES string of the molecule is Cc1ccc(-c2cc(C(=O)O)c3c(F)cc(F)cc3n2)s1. The quantitative estimate of drug-likeness (QED) is 0.770. The van der Waals surface area contributed by atoms with E-state index in [1.807, 2.05) is 13.0 Å². The summed E-state index contributed by atoms with van der Waals surface area (Å²) in [5, 5.41) is 9.09. The molecular formula is C15H9F2NO2S. The molecule has 3 aromatic rings. The number of pyridine rings is 1. The highest BCUT2D eigenvalue weighted by atomic mass is 32.1. The second-order valence-electron chi connectivity index (χ2n) is 4.55. The second-order valence-corrected chi connectivity index (χ2v) is 5.84. The first-order chi connectivity index (χ1) is 9.95. The maximum Gasteiger partial charge on any atom is 0.336 e. The predicted molar refractivity (Wildman–Crippen MR) is 76.7 cm³/mol. The van der Waals surface area contributed by atoms with Crippen LogP contribution in [0.2, 0.25) is 0 Å². The number of aromatic carboxylic acids is 1. The Labute approximate surface area is 122 Å². The lowest BCUT2D eigenvalue weighted by Crippen LogP contribution is -2.02. The van der Waals surface area contributed by atoms with Gasteiger partial charge in [-0.25, -0.2) is 18.6 Å². The molecule has 0 radical (unpaired) electrons. The molecule has 0 fully saturated rings. The fraction of sp³-hybridized carbons (Fsp3) is 0.0667. The second kappa shape index (κ2) is 4.89. The lowest BCUT2D eigenvalue weighted by molar-refractivity contribution is 0.0698. The van der Waals surface area contributed by atoms with E-state index in [2.05, 4.69) is 4.98 Å². The molecule has 0 unspecified atom stereocenters. The van der Waals surface area contributed by atoms with Crippen molar-refractivity contribution in [3.63, 3.8) is 0 Å². The first-order valence-corrected chi connectivity index (χ1v) is 6.87. The zero-order chi connectivity index (χ0) is 15.1. The molecule has 0 atom stereocenters. The molecule has 0 amide bonds. The highest BCUT2D eigenvalue weighted by Crippen LogP contribution is 2.31.